The fourth-order valence-electron chi connectivity index (χ4n) is 3.69. The number of aryl methyl sites for hydroxylation is 1. The van der Waals surface area contributed by atoms with Crippen LogP contribution >= 0.6 is 0 Å². The van der Waals surface area contributed by atoms with E-state index in [1.807, 2.05) is 6.07 Å². The molecule has 4 rings (SSSR count). The molecular weight excluding hydrogens is 370 g/mol. The number of nitrogens with zero attached hydrogens (tertiary/aromatic N) is 4. The van der Waals surface area contributed by atoms with Crippen molar-refractivity contribution >= 4 is 17.7 Å². The minimum Gasteiger partial charge on any atom is -0.366 e. The SMILES string of the molecule is Cc1cccc(CNc2cc(N3CCN(C/C=C/c4ccccc4)CC3)ncn2)c1. The maximum Gasteiger partial charge on any atom is 0.134 e. The van der Waals surface area contributed by atoms with E-state index < -0.39 is 0 Å². The van der Waals surface area contributed by atoms with Crippen LogP contribution in [-0.4, -0.2) is 47.6 Å². The summed E-state index contributed by atoms with van der Waals surface area (Å²) in [5, 5.41) is 3.42. The largest absolute Gasteiger partial charge is 0.366 e. The topological polar surface area (TPSA) is 44.3 Å². The van der Waals surface area contributed by atoms with E-state index in [1.54, 1.807) is 6.33 Å². The number of nitrogens with one attached hydrogen (secondary N) is 1. The van der Waals surface area contributed by atoms with Gasteiger partial charge in [0, 0.05) is 45.3 Å². The third-order valence-corrected chi connectivity index (χ3v) is 5.38. The lowest BCUT2D eigenvalue weighted by Gasteiger charge is -2.34. The molecule has 1 aliphatic rings. The molecule has 30 heavy (non-hydrogen) atoms. The molecule has 2 heterocycles. The number of piperazine rings is 1. The molecule has 0 bridgehead atoms. The van der Waals surface area contributed by atoms with Crippen LogP contribution < -0.4 is 10.2 Å². The van der Waals surface area contributed by atoms with Crippen molar-refractivity contribution in [3.05, 3.63) is 89.8 Å². The first-order valence-electron chi connectivity index (χ1n) is 10.6. The van der Waals surface area contributed by atoms with Crippen molar-refractivity contribution in [2.24, 2.45) is 0 Å². The first kappa shape index (κ1) is 20.1. The lowest BCUT2D eigenvalue weighted by atomic mass is 10.1. The third kappa shape index (κ3) is 5.67. The Kier molecular flexibility index (Phi) is 6.72. The molecule has 1 N–H and O–H groups in total. The normalized spacial score (nSPS) is 14.9. The van der Waals surface area contributed by atoms with Gasteiger partial charge in [-0.25, -0.2) is 9.97 Å². The van der Waals surface area contributed by atoms with Crippen molar-refractivity contribution in [1.82, 2.24) is 14.9 Å². The van der Waals surface area contributed by atoms with Crippen molar-refractivity contribution in [1.29, 1.82) is 0 Å². The fraction of sp³-hybridized carbons (Fsp3) is 0.280. The summed E-state index contributed by atoms with van der Waals surface area (Å²) in [4.78, 5) is 13.7. The summed E-state index contributed by atoms with van der Waals surface area (Å²) in [7, 11) is 0. The van der Waals surface area contributed by atoms with Gasteiger partial charge in [-0.05, 0) is 18.1 Å². The monoisotopic (exact) mass is 399 g/mol. The van der Waals surface area contributed by atoms with E-state index in [2.05, 4.69) is 98.8 Å². The summed E-state index contributed by atoms with van der Waals surface area (Å²) < 4.78 is 0. The Morgan fingerprint density at radius 3 is 2.57 bits per heavy atom. The lowest BCUT2D eigenvalue weighted by Crippen LogP contribution is -2.46. The molecule has 1 aliphatic heterocycles. The minimum absolute atomic E-state index is 0.764. The van der Waals surface area contributed by atoms with Gasteiger partial charge in [0.25, 0.3) is 0 Å². The molecule has 0 saturated carbocycles. The highest BCUT2D eigenvalue weighted by Gasteiger charge is 2.17. The molecule has 1 aromatic heterocycles. The van der Waals surface area contributed by atoms with E-state index in [0.717, 1.165) is 50.9 Å². The summed E-state index contributed by atoms with van der Waals surface area (Å²) in [5.41, 5.74) is 3.78. The van der Waals surface area contributed by atoms with Crippen molar-refractivity contribution in [2.75, 3.05) is 42.9 Å². The van der Waals surface area contributed by atoms with E-state index in [0.29, 0.717) is 0 Å². The average molecular weight is 400 g/mol. The van der Waals surface area contributed by atoms with E-state index in [4.69, 9.17) is 0 Å². The number of aromatic nitrogens is 2. The Hall–Kier alpha value is -3.18. The standard InChI is InChI=1S/C25H29N5/c1-21-7-5-10-23(17-21)19-26-24-18-25(28-20-27-24)30-15-13-29(14-16-30)12-6-11-22-8-3-2-4-9-22/h2-11,17-18,20H,12-16,19H2,1H3,(H,26,27,28)/b11-6+. The van der Waals surface area contributed by atoms with Gasteiger partial charge in [-0.2, -0.15) is 0 Å². The minimum atomic E-state index is 0.764. The van der Waals surface area contributed by atoms with Crippen LogP contribution in [0.4, 0.5) is 11.6 Å². The molecule has 0 amide bonds. The number of anilines is 2. The first-order valence-corrected chi connectivity index (χ1v) is 10.6. The molecule has 5 nitrogen and oxygen atoms in total. The predicted molar refractivity (Wildman–Crippen MR) is 125 cm³/mol. The van der Waals surface area contributed by atoms with Gasteiger partial charge in [0.1, 0.15) is 18.0 Å². The smallest absolute Gasteiger partial charge is 0.134 e. The number of benzene rings is 2. The molecule has 3 aromatic rings. The lowest BCUT2D eigenvalue weighted by molar-refractivity contribution is 0.283. The molecule has 0 aliphatic carbocycles. The Morgan fingerprint density at radius 1 is 0.933 bits per heavy atom. The highest BCUT2D eigenvalue weighted by molar-refractivity contribution is 5.50. The molecular formula is C25H29N5. The molecule has 1 saturated heterocycles. The van der Waals surface area contributed by atoms with Crippen LogP contribution in [0, 0.1) is 6.92 Å². The van der Waals surface area contributed by atoms with E-state index in [1.165, 1.54) is 16.7 Å². The van der Waals surface area contributed by atoms with Crippen LogP contribution in [0.1, 0.15) is 16.7 Å². The Labute approximate surface area is 179 Å². The Morgan fingerprint density at radius 2 is 1.77 bits per heavy atom. The zero-order valence-electron chi connectivity index (χ0n) is 17.5. The van der Waals surface area contributed by atoms with Crippen molar-refractivity contribution in [3.63, 3.8) is 0 Å². The maximum atomic E-state index is 4.50. The summed E-state index contributed by atoms with van der Waals surface area (Å²) >= 11 is 0. The molecule has 0 unspecified atom stereocenters. The maximum absolute atomic E-state index is 4.50. The Bertz CT molecular complexity index is 962. The summed E-state index contributed by atoms with van der Waals surface area (Å²) in [6.07, 6.45) is 6.11. The predicted octanol–water partition coefficient (Wildman–Crippen LogP) is 4.23. The van der Waals surface area contributed by atoms with Crippen LogP contribution in [0.25, 0.3) is 6.08 Å². The molecule has 154 valence electrons. The second-order valence-electron chi connectivity index (χ2n) is 7.70. The van der Waals surface area contributed by atoms with Crippen LogP contribution in [0.5, 0.6) is 0 Å². The van der Waals surface area contributed by atoms with E-state index in [9.17, 15) is 0 Å². The van der Waals surface area contributed by atoms with Gasteiger partial charge in [0.2, 0.25) is 0 Å². The molecule has 0 radical (unpaired) electrons. The number of hydrogen-bond donors (Lipinski definition) is 1. The molecule has 0 spiro atoms. The quantitative estimate of drug-likeness (QED) is 0.644. The van der Waals surface area contributed by atoms with Gasteiger partial charge in [-0.15, -0.1) is 0 Å². The van der Waals surface area contributed by atoms with E-state index in [-0.39, 0.29) is 0 Å². The van der Waals surface area contributed by atoms with Crippen LogP contribution in [0.3, 0.4) is 0 Å². The molecule has 2 aromatic carbocycles. The van der Waals surface area contributed by atoms with Gasteiger partial charge in [0.15, 0.2) is 0 Å². The van der Waals surface area contributed by atoms with Gasteiger partial charge in [-0.1, -0.05) is 72.3 Å². The van der Waals surface area contributed by atoms with Gasteiger partial charge in [0.05, 0.1) is 0 Å². The number of hydrogen-bond acceptors (Lipinski definition) is 5. The zero-order valence-corrected chi connectivity index (χ0v) is 17.5. The highest BCUT2D eigenvalue weighted by atomic mass is 15.3. The van der Waals surface area contributed by atoms with Gasteiger partial charge >= 0.3 is 0 Å². The Balaban J connectivity index is 1.27. The molecule has 1 fully saturated rings. The summed E-state index contributed by atoms with van der Waals surface area (Å²) in [6.45, 7) is 7.89. The second kappa shape index (κ2) is 10.0. The zero-order chi connectivity index (χ0) is 20.6. The summed E-state index contributed by atoms with van der Waals surface area (Å²) in [6, 6.07) is 21.0. The molecule has 0 atom stereocenters. The van der Waals surface area contributed by atoms with Crippen LogP contribution in [-0.2, 0) is 6.54 Å². The number of rotatable bonds is 7. The molecule has 5 heteroatoms. The fourth-order valence-corrected chi connectivity index (χ4v) is 3.69. The first-order chi connectivity index (χ1) is 14.8. The average Bonchev–Trinajstić information content (AvgIpc) is 2.79. The third-order valence-electron chi connectivity index (χ3n) is 5.38. The summed E-state index contributed by atoms with van der Waals surface area (Å²) in [5.74, 6) is 1.87. The van der Waals surface area contributed by atoms with Crippen LogP contribution in [0.2, 0.25) is 0 Å². The van der Waals surface area contributed by atoms with E-state index >= 15 is 0 Å². The van der Waals surface area contributed by atoms with Gasteiger partial charge < -0.3 is 10.2 Å². The second-order valence-corrected chi connectivity index (χ2v) is 7.70. The van der Waals surface area contributed by atoms with Crippen LogP contribution in [0.15, 0.2) is 73.1 Å². The van der Waals surface area contributed by atoms with Crippen molar-refractivity contribution in [2.45, 2.75) is 13.5 Å². The van der Waals surface area contributed by atoms with Crippen molar-refractivity contribution in [3.8, 4) is 0 Å². The highest BCUT2D eigenvalue weighted by Crippen LogP contribution is 2.17. The van der Waals surface area contributed by atoms with Gasteiger partial charge in [-0.3, -0.25) is 4.90 Å². The van der Waals surface area contributed by atoms with Crippen molar-refractivity contribution < 1.29 is 0 Å².